The van der Waals surface area contributed by atoms with Gasteiger partial charge in [-0.3, -0.25) is 9.89 Å². The second-order valence-electron chi connectivity index (χ2n) is 9.41. The topological polar surface area (TPSA) is 52.1 Å². The maximum absolute atomic E-state index is 6.12. The highest BCUT2D eigenvalue weighted by atomic mass is 16.5. The van der Waals surface area contributed by atoms with Crippen molar-refractivity contribution >= 4 is 5.96 Å². The Hall–Kier alpha value is -0.850. The highest BCUT2D eigenvalue weighted by molar-refractivity contribution is 5.79. The Morgan fingerprint density at radius 2 is 1.59 bits per heavy atom. The minimum absolute atomic E-state index is 0.279. The van der Waals surface area contributed by atoms with E-state index in [1.165, 1.54) is 96.8 Å². The summed E-state index contributed by atoms with van der Waals surface area (Å²) in [5, 5.41) is 7.14. The van der Waals surface area contributed by atoms with Crippen LogP contribution in [-0.2, 0) is 4.74 Å². The molecule has 29 heavy (non-hydrogen) atoms. The van der Waals surface area contributed by atoms with E-state index in [9.17, 15) is 0 Å². The number of hydrogen-bond acceptors (Lipinski definition) is 4. The van der Waals surface area contributed by atoms with Crippen LogP contribution in [0.5, 0.6) is 0 Å². The molecule has 0 atom stereocenters. The molecule has 0 aromatic heterocycles. The molecule has 0 radical (unpaired) electrons. The largest absolute Gasteiger partial charge is 0.376 e. The molecule has 0 spiro atoms. The van der Waals surface area contributed by atoms with Crippen LogP contribution in [0.15, 0.2) is 4.99 Å². The van der Waals surface area contributed by atoms with E-state index in [1.54, 1.807) is 0 Å². The number of likely N-dealkylation sites (tertiary alicyclic amines) is 2. The van der Waals surface area contributed by atoms with E-state index in [1.807, 2.05) is 7.05 Å². The summed E-state index contributed by atoms with van der Waals surface area (Å²) in [6.45, 7) is 7.49. The number of ether oxygens (including phenoxy) is 1. The zero-order valence-corrected chi connectivity index (χ0v) is 19.1. The minimum atomic E-state index is 0.279. The maximum atomic E-state index is 6.12. The van der Waals surface area contributed by atoms with Gasteiger partial charge in [0.25, 0.3) is 0 Å². The van der Waals surface area contributed by atoms with Gasteiger partial charge in [-0.2, -0.15) is 0 Å². The molecule has 1 aliphatic carbocycles. The highest BCUT2D eigenvalue weighted by Crippen LogP contribution is 2.30. The van der Waals surface area contributed by atoms with E-state index >= 15 is 0 Å². The van der Waals surface area contributed by atoms with Gasteiger partial charge in [0.1, 0.15) is 0 Å². The third-order valence-electron chi connectivity index (χ3n) is 7.30. The molecule has 0 amide bonds. The van der Waals surface area contributed by atoms with Crippen LogP contribution in [0.1, 0.15) is 70.6 Å². The van der Waals surface area contributed by atoms with Gasteiger partial charge in [0.05, 0.1) is 12.7 Å². The predicted molar refractivity (Wildman–Crippen MR) is 122 cm³/mol. The number of piperidine rings is 2. The summed E-state index contributed by atoms with van der Waals surface area (Å²) in [6, 6.07) is 0. The van der Waals surface area contributed by atoms with Gasteiger partial charge in [-0.05, 0) is 71.8 Å². The molecule has 0 unspecified atom stereocenters. The monoisotopic (exact) mass is 407 g/mol. The SMILES string of the molecule is CN=C(NCCOC1CCCCCC1)NCC1(N2CCCCC2)CCN(C)CC1. The number of nitrogens with zero attached hydrogens (tertiary/aromatic N) is 3. The Morgan fingerprint density at radius 3 is 2.24 bits per heavy atom. The summed E-state index contributed by atoms with van der Waals surface area (Å²) >= 11 is 0. The third-order valence-corrected chi connectivity index (χ3v) is 7.30. The summed E-state index contributed by atoms with van der Waals surface area (Å²) in [5.74, 6) is 0.921. The van der Waals surface area contributed by atoms with Crippen molar-refractivity contribution in [2.24, 2.45) is 4.99 Å². The lowest BCUT2D eigenvalue weighted by molar-refractivity contribution is 0.0172. The van der Waals surface area contributed by atoms with Gasteiger partial charge in [-0.15, -0.1) is 0 Å². The molecular formula is C23H45N5O. The number of guanidine groups is 1. The van der Waals surface area contributed by atoms with E-state index < -0.39 is 0 Å². The number of hydrogen-bond donors (Lipinski definition) is 2. The fraction of sp³-hybridized carbons (Fsp3) is 0.957. The summed E-state index contributed by atoms with van der Waals surface area (Å²) in [5.41, 5.74) is 0.279. The quantitative estimate of drug-likeness (QED) is 0.294. The lowest BCUT2D eigenvalue weighted by Crippen LogP contribution is -2.62. The van der Waals surface area contributed by atoms with Crippen molar-refractivity contribution in [2.45, 2.75) is 82.3 Å². The molecule has 1 saturated carbocycles. The van der Waals surface area contributed by atoms with Crippen molar-refractivity contribution in [3.05, 3.63) is 0 Å². The summed E-state index contributed by atoms with van der Waals surface area (Å²) in [4.78, 5) is 9.72. The zero-order valence-electron chi connectivity index (χ0n) is 19.1. The zero-order chi connectivity index (χ0) is 20.4. The molecule has 3 aliphatic rings. The van der Waals surface area contributed by atoms with Gasteiger partial charge in [0, 0.05) is 25.7 Å². The number of aliphatic imine (C=N–C) groups is 1. The minimum Gasteiger partial charge on any atom is -0.376 e. The molecule has 6 heteroatoms. The summed E-state index contributed by atoms with van der Waals surface area (Å²) < 4.78 is 6.12. The fourth-order valence-corrected chi connectivity index (χ4v) is 5.28. The van der Waals surface area contributed by atoms with Gasteiger partial charge in [0.15, 0.2) is 5.96 Å². The molecule has 3 rings (SSSR count). The van der Waals surface area contributed by atoms with E-state index in [2.05, 4.69) is 32.5 Å². The second-order valence-corrected chi connectivity index (χ2v) is 9.41. The summed E-state index contributed by atoms with van der Waals surface area (Å²) in [7, 11) is 4.13. The van der Waals surface area contributed by atoms with Crippen LogP contribution in [0, 0.1) is 0 Å². The van der Waals surface area contributed by atoms with E-state index in [0.717, 1.165) is 25.7 Å². The van der Waals surface area contributed by atoms with Crippen LogP contribution in [0.2, 0.25) is 0 Å². The normalized spacial score (nSPS) is 25.5. The van der Waals surface area contributed by atoms with Crippen molar-refractivity contribution in [3.63, 3.8) is 0 Å². The maximum Gasteiger partial charge on any atom is 0.191 e. The lowest BCUT2D eigenvalue weighted by Gasteiger charge is -2.50. The van der Waals surface area contributed by atoms with E-state index in [4.69, 9.17) is 4.74 Å². The number of nitrogens with one attached hydrogen (secondary N) is 2. The Morgan fingerprint density at radius 1 is 0.931 bits per heavy atom. The molecule has 2 saturated heterocycles. The fourth-order valence-electron chi connectivity index (χ4n) is 5.28. The predicted octanol–water partition coefficient (Wildman–Crippen LogP) is 2.84. The Balaban J connectivity index is 1.43. The van der Waals surface area contributed by atoms with Crippen LogP contribution in [0.25, 0.3) is 0 Å². The van der Waals surface area contributed by atoms with Crippen LogP contribution >= 0.6 is 0 Å². The van der Waals surface area contributed by atoms with Crippen molar-refractivity contribution in [3.8, 4) is 0 Å². The molecule has 2 N–H and O–H groups in total. The molecule has 2 aliphatic heterocycles. The molecule has 0 aromatic carbocycles. The van der Waals surface area contributed by atoms with Gasteiger partial charge in [-0.25, -0.2) is 0 Å². The molecular weight excluding hydrogens is 362 g/mol. The lowest BCUT2D eigenvalue weighted by atomic mass is 9.84. The van der Waals surface area contributed by atoms with Gasteiger partial charge in [-0.1, -0.05) is 32.1 Å². The first-order valence-electron chi connectivity index (χ1n) is 12.2. The standard InChI is InChI=1S/C23H45N5O/c1-24-22(25-14-19-29-21-10-6-3-4-7-11-21)26-20-23(12-17-27(2)18-13-23)28-15-8-5-9-16-28/h21H,3-20H2,1-2H3,(H2,24,25,26). The van der Waals surface area contributed by atoms with Crippen molar-refractivity contribution in [1.29, 1.82) is 0 Å². The van der Waals surface area contributed by atoms with Gasteiger partial charge < -0.3 is 20.3 Å². The molecule has 0 bridgehead atoms. The van der Waals surface area contributed by atoms with Crippen LogP contribution in [-0.4, -0.2) is 87.4 Å². The third kappa shape index (κ3) is 7.11. The Bertz CT molecular complexity index is 476. The Kier molecular flexibility index (Phi) is 9.53. The van der Waals surface area contributed by atoms with Crippen molar-refractivity contribution in [1.82, 2.24) is 20.4 Å². The van der Waals surface area contributed by atoms with Crippen molar-refractivity contribution in [2.75, 3.05) is 60.0 Å². The first kappa shape index (κ1) is 22.8. The average Bonchev–Trinajstić information content (AvgIpc) is 3.04. The van der Waals surface area contributed by atoms with E-state index in [-0.39, 0.29) is 5.54 Å². The van der Waals surface area contributed by atoms with E-state index in [0.29, 0.717) is 6.10 Å². The first-order valence-corrected chi connectivity index (χ1v) is 12.2. The molecule has 0 aromatic rings. The average molecular weight is 408 g/mol. The van der Waals surface area contributed by atoms with Crippen LogP contribution in [0.4, 0.5) is 0 Å². The summed E-state index contributed by atoms with van der Waals surface area (Å²) in [6.07, 6.45) is 14.9. The Labute approximate surface area is 178 Å². The first-order chi connectivity index (χ1) is 14.2. The van der Waals surface area contributed by atoms with Gasteiger partial charge >= 0.3 is 0 Å². The van der Waals surface area contributed by atoms with Crippen molar-refractivity contribution < 1.29 is 4.74 Å². The van der Waals surface area contributed by atoms with Gasteiger partial charge in [0.2, 0.25) is 0 Å². The molecule has 6 nitrogen and oxygen atoms in total. The smallest absolute Gasteiger partial charge is 0.191 e. The molecule has 168 valence electrons. The molecule has 3 fully saturated rings. The van der Waals surface area contributed by atoms with Crippen LogP contribution < -0.4 is 10.6 Å². The van der Waals surface area contributed by atoms with Crippen LogP contribution in [0.3, 0.4) is 0 Å². The number of rotatable bonds is 7. The second kappa shape index (κ2) is 12.1. The highest BCUT2D eigenvalue weighted by Gasteiger charge is 2.39. The molecule has 2 heterocycles.